The largest absolute Gasteiger partial charge is 0.293 e. The third-order valence-corrected chi connectivity index (χ3v) is 3.13. The van der Waals surface area contributed by atoms with Gasteiger partial charge in [0.05, 0.1) is 4.88 Å². The van der Waals surface area contributed by atoms with Crippen LogP contribution in [0.2, 0.25) is 0 Å². The summed E-state index contributed by atoms with van der Waals surface area (Å²) < 4.78 is 3.93. The second kappa shape index (κ2) is 3.58. The highest BCUT2D eigenvalue weighted by Gasteiger charge is 2.28. The molecular formula is C10H15NOS. The molecule has 0 aliphatic heterocycles. The first-order valence-electron chi connectivity index (χ1n) is 4.38. The molecule has 0 N–H and O–H groups in total. The minimum Gasteiger partial charge on any atom is -0.293 e. The van der Waals surface area contributed by atoms with Gasteiger partial charge in [-0.15, -0.1) is 0 Å². The van der Waals surface area contributed by atoms with E-state index in [9.17, 15) is 4.79 Å². The van der Waals surface area contributed by atoms with Crippen LogP contribution < -0.4 is 0 Å². The third kappa shape index (κ3) is 2.37. The maximum absolute atomic E-state index is 11.8. The quantitative estimate of drug-likeness (QED) is 0.682. The van der Waals surface area contributed by atoms with Gasteiger partial charge in [0.15, 0.2) is 5.78 Å². The van der Waals surface area contributed by atoms with E-state index in [0.29, 0.717) is 0 Å². The molecule has 72 valence electrons. The SMILES string of the molecule is CC(C(=O)c1ccns1)C(C)(C)C. The van der Waals surface area contributed by atoms with E-state index in [1.54, 1.807) is 12.3 Å². The topological polar surface area (TPSA) is 30.0 Å². The number of nitrogens with zero attached hydrogens (tertiary/aromatic N) is 1. The van der Waals surface area contributed by atoms with Crippen molar-refractivity contribution >= 4 is 17.3 Å². The van der Waals surface area contributed by atoms with Crippen LogP contribution in [0.5, 0.6) is 0 Å². The molecule has 0 saturated carbocycles. The summed E-state index contributed by atoms with van der Waals surface area (Å²) in [6, 6.07) is 1.79. The lowest BCUT2D eigenvalue weighted by Crippen LogP contribution is -2.25. The van der Waals surface area contributed by atoms with E-state index in [-0.39, 0.29) is 17.1 Å². The molecule has 1 rings (SSSR count). The zero-order valence-electron chi connectivity index (χ0n) is 8.50. The molecule has 0 amide bonds. The lowest BCUT2D eigenvalue weighted by molar-refractivity contribution is 0.0844. The van der Waals surface area contributed by atoms with E-state index in [4.69, 9.17) is 0 Å². The molecular weight excluding hydrogens is 182 g/mol. The number of Topliss-reactive ketones (excluding diaryl/α,β-unsaturated/α-hetero) is 1. The number of ketones is 1. The zero-order valence-corrected chi connectivity index (χ0v) is 9.31. The van der Waals surface area contributed by atoms with Crippen molar-refractivity contribution in [3.8, 4) is 0 Å². The van der Waals surface area contributed by atoms with Gasteiger partial charge in [0.25, 0.3) is 0 Å². The molecule has 2 nitrogen and oxygen atoms in total. The Kier molecular flexibility index (Phi) is 2.86. The molecule has 1 aromatic heterocycles. The maximum Gasteiger partial charge on any atom is 0.177 e. The highest BCUT2D eigenvalue weighted by atomic mass is 32.1. The van der Waals surface area contributed by atoms with E-state index in [2.05, 4.69) is 25.1 Å². The molecule has 0 saturated heterocycles. The van der Waals surface area contributed by atoms with Crippen LogP contribution in [-0.4, -0.2) is 10.2 Å². The van der Waals surface area contributed by atoms with Gasteiger partial charge in [0.2, 0.25) is 0 Å². The summed E-state index contributed by atoms with van der Waals surface area (Å²) in [6.07, 6.45) is 1.67. The van der Waals surface area contributed by atoms with E-state index in [1.165, 1.54) is 11.5 Å². The van der Waals surface area contributed by atoms with Gasteiger partial charge in [-0.05, 0) is 23.0 Å². The molecule has 1 atom stereocenters. The predicted octanol–water partition coefficient (Wildman–Crippen LogP) is 3.01. The molecule has 3 heteroatoms. The van der Waals surface area contributed by atoms with Crippen LogP contribution in [0.3, 0.4) is 0 Å². The first kappa shape index (κ1) is 10.4. The van der Waals surface area contributed by atoms with E-state index in [0.717, 1.165) is 4.88 Å². The summed E-state index contributed by atoms with van der Waals surface area (Å²) in [7, 11) is 0. The molecule has 0 spiro atoms. The molecule has 0 fully saturated rings. The fourth-order valence-corrected chi connectivity index (χ4v) is 1.57. The Morgan fingerprint density at radius 3 is 2.54 bits per heavy atom. The van der Waals surface area contributed by atoms with Crippen molar-refractivity contribution in [3.05, 3.63) is 17.1 Å². The van der Waals surface area contributed by atoms with E-state index < -0.39 is 0 Å². The van der Waals surface area contributed by atoms with Crippen molar-refractivity contribution in [1.82, 2.24) is 4.37 Å². The van der Waals surface area contributed by atoms with Gasteiger partial charge >= 0.3 is 0 Å². The van der Waals surface area contributed by atoms with Crippen molar-refractivity contribution in [2.45, 2.75) is 27.7 Å². The van der Waals surface area contributed by atoms with Gasteiger partial charge in [-0.1, -0.05) is 27.7 Å². The summed E-state index contributed by atoms with van der Waals surface area (Å²) in [4.78, 5) is 12.6. The third-order valence-electron chi connectivity index (χ3n) is 2.37. The molecule has 0 bridgehead atoms. The van der Waals surface area contributed by atoms with Crippen LogP contribution in [0.15, 0.2) is 12.3 Å². The molecule has 1 heterocycles. The van der Waals surface area contributed by atoms with Gasteiger partial charge in [0, 0.05) is 12.1 Å². The fraction of sp³-hybridized carbons (Fsp3) is 0.600. The van der Waals surface area contributed by atoms with Crippen LogP contribution in [0, 0.1) is 11.3 Å². The van der Waals surface area contributed by atoms with Crippen molar-refractivity contribution in [2.75, 3.05) is 0 Å². The highest BCUT2D eigenvalue weighted by molar-refractivity contribution is 7.08. The molecule has 1 unspecified atom stereocenters. The number of hydrogen-bond acceptors (Lipinski definition) is 3. The average molecular weight is 197 g/mol. The summed E-state index contributed by atoms with van der Waals surface area (Å²) >= 11 is 1.28. The Hall–Kier alpha value is -0.700. The standard InChI is InChI=1S/C10H15NOS/c1-7(10(2,3)4)9(12)8-5-6-11-13-8/h5-7H,1-4H3. The van der Waals surface area contributed by atoms with E-state index in [1.807, 2.05) is 6.92 Å². The number of aromatic nitrogens is 1. The van der Waals surface area contributed by atoms with Gasteiger partial charge in [0.1, 0.15) is 0 Å². The lowest BCUT2D eigenvalue weighted by atomic mass is 9.79. The second-order valence-corrected chi connectivity index (χ2v) is 5.16. The Morgan fingerprint density at radius 2 is 2.15 bits per heavy atom. The minimum absolute atomic E-state index is 0.0288. The molecule has 1 aromatic rings. The van der Waals surface area contributed by atoms with Crippen LogP contribution in [0.25, 0.3) is 0 Å². The predicted molar refractivity (Wildman–Crippen MR) is 55.1 cm³/mol. The molecule has 0 aliphatic carbocycles. The molecule has 0 radical (unpaired) electrons. The summed E-state index contributed by atoms with van der Waals surface area (Å²) in [5.74, 6) is 0.253. The first-order valence-corrected chi connectivity index (χ1v) is 5.15. The summed E-state index contributed by atoms with van der Waals surface area (Å²) in [5.41, 5.74) is 0.0288. The van der Waals surface area contributed by atoms with Crippen LogP contribution >= 0.6 is 11.5 Å². The Bertz CT molecular complexity index is 284. The summed E-state index contributed by atoms with van der Waals surface area (Å²) in [6.45, 7) is 8.21. The van der Waals surface area contributed by atoms with Crippen molar-refractivity contribution < 1.29 is 4.79 Å². The van der Waals surface area contributed by atoms with Gasteiger partial charge in [-0.3, -0.25) is 4.79 Å². The van der Waals surface area contributed by atoms with Gasteiger partial charge < -0.3 is 0 Å². The Labute approximate surface area is 83.1 Å². The fourth-order valence-electron chi connectivity index (χ4n) is 0.950. The average Bonchev–Trinajstić information content (AvgIpc) is 2.51. The van der Waals surface area contributed by atoms with Gasteiger partial charge in [-0.25, -0.2) is 4.37 Å². The van der Waals surface area contributed by atoms with Crippen molar-refractivity contribution in [3.63, 3.8) is 0 Å². The Morgan fingerprint density at radius 1 is 1.54 bits per heavy atom. The smallest absolute Gasteiger partial charge is 0.177 e. The maximum atomic E-state index is 11.8. The van der Waals surface area contributed by atoms with Crippen LogP contribution in [-0.2, 0) is 0 Å². The van der Waals surface area contributed by atoms with Gasteiger partial charge in [-0.2, -0.15) is 0 Å². The monoisotopic (exact) mass is 197 g/mol. The highest BCUT2D eigenvalue weighted by Crippen LogP contribution is 2.29. The zero-order chi connectivity index (χ0) is 10.1. The van der Waals surface area contributed by atoms with E-state index >= 15 is 0 Å². The lowest BCUT2D eigenvalue weighted by Gasteiger charge is -2.25. The van der Waals surface area contributed by atoms with Crippen molar-refractivity contribution in [2.24, 2.45) is 11.3 Å². The second-order valence-electron chi connectivity index (χ2n) is 4.33. The number of carbonyl (C=O) groups excluding carboxylic acids is 1. The normalized spacial score (nSPS) is 14.2. The molecule has 0 aliphatic rings. The van der Waals surface area contributed by atoms with Crippen LogP contribution in [0.4, 0.5) is 0 Å². The minimum atomic E-state index is 0.0288. The van der Waals surface area contributed by atoms with Crippen LogP contribution in [0.1, 0.15) is 37.4 Å². The number of hydrogen-bond donors (Lipinski definition) is 0. The first-order chi connectivity index (χ1) is 5.93. The number of rotatable bonds is 2. The Balaban J connectivity index is 2.81. The molecule has 13 heavy (non-hydrogen) atoms. The van der Waals surface area contributed by atoms with Crippen molar-refractivity contribution in [1.29, 1.82) is 0 Å². The summed E-state index contributed by atoms with van der Waals surface area (Å²) in [5, 5.41) is 0. The molecule has 0 aromatic carbocycles. The number of carbonyl (C=O) groups is 1.